The van der Waals surface area contributed by atoms with Crippen molar-refractivity contribution in [2.24, 2.45) is 5.92 Å². The maximum absolute atomic E-state index is 14.3. The minimum absolute atomic E-state index is 0.108. The van der Waals surface area contributed by atoms with Gasteiger partial charge in [-0.25, -0.2) is 4.79 Å². The fourth-order valence-electron chi connectivity index (χ4n) is 5.59. The van der Waals surface area contributed by atoms with Gasteiger partial charge in [-0.3, -0.25) is 14.4 Å². The van der Waals surface area contributed by atoms with Crippen molar-refractivity contribution in [2.75, 3.05) is 25.7 Å². The average molecular weight is 702 g/mol. The zero-order chi connectivity index (χ0) is 33.7. The Labute approximate surface area is 282 Å². The first-order valence-corrected chi connectivity index (χ1v) is 16.3. The van der Waals surface area contributed by atoms with E-state index < -0.39 is 12.0 Å². The molecule has 0 spiro atoms. The number of Topliss-reactive ketones (excluding diaryl/α,β-unsaturated/α-hetero) is 1. The van der Waals surface area contributed by atoms with Gasteiger partial charge in [0.15, 0.2) is 11.5 Å². The number of methoxy groups -OCH3 is 2. The first-order chi connectivity index (χ1) is 22.6. The Hall–Kier alpha value is -4.70. The van der Waals surface area contributed by atoms with Gasteiger partial charge < -0.3 is 24.4 Å². The summed E-state index contributed by atoms with van der Waals surface area (Å²) in [6, 6.07) is 20.8. The molecular formula is C37H37BrN2O7. The molecular weight excluding hydrogens is 664 g/mol. The molecule has 4 aromatic rings. The maximum Gasteiger partial charge on any atom is 0.337 e. The lowest BCUT2D eigenvalue weighted by molar-refractivity contribution is -0.130. The molecule has 0 radical (unpaired) electrons. The number of carbonyl (C=O) groups excluding carboxylic acids is 4. The number of esters is 1. The molecule has 0 bridgehead atoms. The summed E-state index contributed by atoms with van der Waals surface area (Å²) in [4.78, 5) is 54.4. The summed E-state index contributed by atoms with van der Waals surface area (Å²) in [5.74, 6) is -0.602. The van der Waals surface area contributed by atoms with Crippen molar-refractivity contribution in [3.8, 4) is 11.5 Å². The molecule has 1 N–H and O–H groups in total. The summed E-state index contributed by atoms with van der Waals surface area (Å²) in [5.41, 5.74) is 2.86. The van der Waals surface area contributed by atoms with Crippen LogP contribution in [0.4, 0.5) is 5.69 Å². The van der Waals surface area contributed by atoms with E-state index in [9.17, 15) is 19.2 Å². The van der Waals surface area contributed by atoms with Crippen molar-refractivity contribution in [3.05, 3.63) is 99.5 Å². The summed E-state index contributed by atoms with van der Waals surface area (Å²) in [5, 5.41) is 4.74. The topological polar surface area (TPSA) is 111 Å². The van der Waals surface area contributed by atoms with E-state index in [0.29, 0.717) is 35.4 Å². The standard InChI is InChI=1S/C37H37BrN2O7/c1-5-22(2)35(42)39-30-21-47-34-28(32(41)17-11-23-9-12-24(13-10-23)37(44)46-4)7-6-8-31(34)40(36(30)43)20-29-27-16-15-26(38)19-25(27)14-18-33(29)45-3/h6-10,12-16,18-19,22,30H,5,11,17,20-21H2,1-4H3,(H,39,42)/t22-,30+/m1/s1. The second-order valence-electron chi connectivity index (χ2n) is 11.5. The Bertz CT molecular complexity index is 1820. The number of fused-ring (bicyclic) bond motifs is 2. The molecule has 2 atom stereocenters. The summed E-state index contributed by atoms with van der Waals surface area (Å²) in [7, 11) is 2.91. The molecule has 9 nitrogen and oxygen atoms in total. The van der Waals surface area contributed by atoms with Crippen LogP contribution in [-0.2, 0) is 27.3 Å². The quantitative estimate of drug-likeness (QED) is 0.137. The molecule has 47 heavy (non-hydrogen) atoms. The molecule has 5 rings (SSSR count). The lowest BCUT2D eigenvalue weighted by Crippen LogP contribution is -2.51. The molecule has 1 heterocycles. The van der Waals surface area contributed by atoms with Gasteiger partial charge in [-0.1, -0.05) is 60.1 Å². The number of hydrogen-bond donors (Lipinski definition) is 1. The van der Waals surface area contributed by atoms with Crippen molar-refractivity contribution in [3.63, 3.8) is 0 Å². The number of rotatable bonds is 11. The predicted octanol–water partition coefficient (Wildman–Crippen LogP) is 6.67. The summed E-state index contributed by atoms with van der Waals surface area (Å²) >= 11 is 3.54. The second-order valence-corrected chi connectivity index (χ2v) is 12.4. The first-order valence-electron chi connectivity index (χ1n) is 15.5. The zero-order valence-electron chi connectivity index (χ0n) is 26.8. The molecule has 0 aliphatic carbocycles. The number of hydrogen-bond acceptors (Lipinski definition) is 7. The van der Waals surface area contributed by atoms with Crippen LogP contribution in [0.5, 0.6) is 11.5 Å². The minimum Gasteiger partial charge on any atom is -0.496 e. The van der Waals surface area contributed by atoms with Crippen molar-refractivity contribution in [1.29, 1.82) is 0 Å². The number of amides is 2. The van der Waals surface area contributed by atoms with Crippen LogP contribution < -0.4 is 19.7 Å². The van der Waals surface area contributed by atoms with Crippen LogP contribution >= 0.6 is 15.9 Å². The Morgan fingerprint density at radius 3 is 2.51 bits per heavy atom. The van der Waals surface area contributed by atoms with Crippen LogP contribution in [0.2, 0.25) is 0 Å². The lowest BCUT2D eigenvalue weighted by atomic mass is 9.99. The molecule has 10 heteroatoms. The van der Waals surface area contributed by atoms with Crippen LogP contribution in [0.1, 0.15) is 58.5 Å². The molecule has 244 valence electrons. The van der Waals surface area contributed by atoms with E-state index in [0.717, 1.165) is 26.4 Å². The molecule has 2 amide bonds. The molecule has 0 unspecified atom stereocenters. The number of aryl methyl sites for hydroxylation is 1. The van der Waals surface area contributed by atoms with Gasteiger partial charge >= 0.3 is 5.97 Å². The van der Waals surface area contributed by atoms with Gasteiger partial charge in [0, 0.05) is 22.4 Å². The molecule has 4 aromatic carbocycles. The Kier molecular flexibility index (Phi) is 10.6. The number of para-hydroxylation sites is 1. The molecule has 0 saturated heterocycles. The lowest BCUT2D eigenvalue weighted by Gasteiger charge is -2.27. The highest BCUT2D eigenvalue weighted by Gasteiger charge is 2.35. The number of halogens is 1. The average Bonchev–Trinajstić information content (AvgIpc) is 3.22. The molecule has 1 aliphatic heterocycles. The fourth-order valence-corrected chi connectivity index (χ4v) is 5.97. The van der Waals surface area contributed by atoms with Crippen LogP contribution in [-0.4, -0.2) is 50.4 Å². The number of carbonyl (C=O) groups is 4. The fraction of sp³-hybridized carbons (Fsp3) is 0.297. The third kappa shape index (κ3) is 7.33. The number of ketones is 1. The molecule has 0 fully saturated rings. The van der Waals surface area contributed by atoms with Crippen molar-refractivity contribution in [2.45, 2.75) is 45.7 Å². The molecule has 0 saturated carbocycles. The van der Waals surface area contributed by atoms with Gasteiger partial charge in [-0.05, 0) is 71.6 Å². The highest BCUT2D eigenvalue weighted by atomic mass is 79.9. The Morgan fingerprint density at radius 2 is 1.81 bits per heavy atom. The van der Waals surface area contributed by atoms with Crippen LogP contribution in [0.25, 0.3) is 10.8 Å². The van der Waals surface area contributed by atoms with E-state index in [2.05, 4.69) is 21.2 Å². The van der Waals surface area contributed by atoms with Crippen LogP contribution in [0, 0.1) is 5.92 Å². The zero-order valence-corrected chi connectivity index (χ0v) is 28.4. The number of anilines is 1. The number of benzene rings is 4. The van der Waals surface area contributed by atoms with Crippen molar-refractivity contribution in [1.82, 2.24) is 5.32 Å². The first kappa shape index (κ1) is 33.7. The monoisotopic (exact) mass is 700 g/mol. The van der Waals surface area contributed by atoms with Crippen LogP contribution in [0.3, 0.4) is 0 Å². The number of nitrogens with one attached hydrogen (secondary N) is 1. The van der Waals surface area contributed by atoms with E-state index in [-0.39, 0.29) is 48.8 Å². The predicted molar refractivity (Wildman–Crippen MR) is 183 cm³/mol. The third-order valence-corrected chi connectivity index (χ3v) is 9.02. The van der Waals surface area contributed by atoms with Crippen molar-refractivity contribution >= 4 is 56.0 Å². The van der Waals surface area contributed by atoms with Crippen molar-refractivity contribution < 1.29 is 33.4 Å². The summed E-state index contributed by atoms with van der Waals surface area (Å²) < 4.78 is 17.7. The highest BCUT2D eigenvalue weighted by molar-refractivity contribution is 9.10. The minimum atomic E-state index is -0.977. The van der Waals surface area contributed by atoms with E-state index in [4.69, 9.17) is 14.2 Å². The van der Waals surface area contributed by atoms with E-state index in [1.165, 1.54) is 7.11 Å². The van der Waals surface area contributed by atoms with Gasteiger partial charge in [0.25, 0.3) is 5.91 Å². The number of ether oxygens (including phenoxy) is 3. The molecule has 0 aromatic heterocycles. The normalized spacial score (nSPS) is 14.9. The van der Waals surface area contributed by atoms with E-state index in [1.54, 1.807) is 54.5 Å². The third-order valence-electron chi connectivity index (χ3n) is 8.52. The Balaban J connectivity index is 1.51. The number of nitrogens with zero attached hydrogens (tertiary/aromatic N) is 1. The summed E-state index contributed by atoms with van der Waals surface area (Å²) in [6.45, 7) is 3.69. The van der Waals surface area contributed by atoms with Crippen LogP contribution in [0.15, 0.2) is 77.3 Å². The van der Waals surface area contributed by atoms with Gasteiger partial charge in [-0.2, -0.15) is 0 Å². The van der Waals surface area contributed by atoms with E-state index in [1.807, 2.05) is 44.2 Å². The second kappa shape index (κ2) is 14.8. The smallest absolute Gasteiger partial charge is 0.337 e. The maximum atomic E-state index is 14.3. The van der Waals surface area contributed by atoms with Gasteiger partial charge in [0.05, 0.1) is 37.6 Å². The molecule has 1 aliphatic rings. The highest BCUT2D eigenvalue weighted by Crippen LogP contribution is 2.39. The largest absolute Gasteiger partial charge is 0.496 e. The van der Waals surface area contributed by atoms with Gasteiger partial charge in [0.2, 0.25) is 5.91 Å². The SMILES string of the molecule is CC[C@@H](C)C(=O)N[C@H]1COc2c(C(=O)CCc3ccc(C(=O)OC)cc3)cccc2N(Cc2c(OC)ccc3cc(Br)ccc23)C1=O. The van der Waals surface area contributed by atoms with E-state index >= 15 is 0 Å². The van der Waals surface area contributed by atoms with Gasteiger partial charge in [-0.15, -0.1) is 0 Å². The summed E-state index contributed by atoms with van der Waals surface area (Å²) in [6.07, 6.45) is 1.22. The Morgan fingerprint density at radius 1 is 1.04 bits per heavy atom. The van der Waals surface area contributed by atoms with Gasteiger partial charge in [0.1, 0.15) is 18.4 Å².